The number of aryl methyl sites for hydroxylation is 1. The Kier molecular flexibility index (Phi) is 3.64. The molecule has 17 heavy (non-hydrogen) atoms. The third-order valence-corrected chi connectivity index (χ3v) is 3.28. The lowest BCUT2D eigenvalue weighted by atomic mass is 10.0. The molecule has 0 saturated heterocycles. The summed E-state index contributed by atoms with van der Waals surface area (Å²) < 4.78 is 19.4. The molecule has 1 unspecified atom stereocenters. The van der Waals surface area contributed by atoms with Crippen molar-refractivity contribution in [1.29, 1.82) is 0 Å². The monoisotopic (exact) mass is 298 g/mol. The van der Waals surface area contributed by atoms with Gasteiger partial charge >= 0.3 is 0 Å². The Morgan fingerprint density at radius 1 is 1.35 bits per heavy atom. The van der Waals surface area contributed by atoms with Gasteiger partial charge in [-0.3, -0.25) is 0 Å². The molecular weight excluding hydrogens is 287 g/mol. The molecule has 0 aliphatic rings. The maximum absolute atomic E-state index is 13.8. The Bertz CT molecular complexity index is 522. The summed E-state index contributed by atoms with van der Waals surface area (Å²) in [5.41, 5.74) is 0.861. The van der Waals surface area contributed by atoms with Crippen molar-refractivity contribution in [3.63, 3.8) is 0 Å². The van der Waals surface area contributed by atoms with Gasteiger partial charge in [0, 0.05) is 17.5 Å². The van der Waals surface area contributed by atoms with Gasteiger partial charge in [-0.2, -0.15) is 0 Å². The second-order valence-corrected chi connectivity index (χ2v) is 4.55. The van der Waals surface area contributed by atoms with E-state index in [1.807, 2.05) is 6.92 Å². The quantitative estimate of drug-likeness (QED) is 0.934. The fourth-order valence-corrected chi connectivity index (χ4v) is 2.16. The first-order chi connectivity index (χ1) is 8.15. The SMILES string of the molecule is CCc1occc1C(O)c1cccc(Br)c1F. The predicted octanol–water partition coefficient (Wildman–Crippen LogP) is 3.83. The number of aliphatic hydroxyl groups excluding tert-OH is 1. The molecule has 2 rings (SSSR count). The number of furan rings is 1. The smallest absolute Gasteiger partial charge is 0.143 e. The summed E-state index contributed by atoms with van der Waals surface area (Å²) in [4.78, 5) is 0. The maximum Gasteiger partial charge on any atom is 0.143 e. The first kappa shape index (κ1) is 12.3. The van der Waals surface area contributed by atoms with E-state index in [9.17, 15) is 9.50 Å². The van der Waals surface area contributed by atoms with Gasteiger partial charge in [-0.25, -0.2) is 4.39 Å². The van der Waals surface area contributed by atoms with E-state index >= 15 is 0 Å². The van der Waals surface area contributed by atoms with Crippen molar-refractivity contribution < 1.29 is 13.9 Å². The standard InChI is InChI=1S/C13H12BrFO2/c1-2-11-8(6-7-17-11)13(16)9-4-3-5-10(14)12(9)15/h3-7,13,16H,2H2,1H3. The minimum Gasteiger partial charge on any atom is -0.469 e. The van der Waals surface area contributed by atoms with E-state index in [-0.39, 0.29) is 5.56 Å². The van der Waals surface area contributed by atoms with Crippen LogP contribution in [-0.2, 0) is 6.42 Å². The van der Waals surface area contributed by atoms with Crippen molar-refractivity contribution >= 4 is 15.9 Å². The number of hydrogen-bond acceptors (Lipinski definition) is 2. The molecule has 0 spiro atoms. The van der Waals surface area contributed by atoms with Crippen molar-refractivity contribution in [3.05, 3.63) is 57.7 Å². The summed E-state index contributed by atoms with van der Waals surface area (Å²) in [6.07, 6.45) is 1.17. The second-order valence-electron chi connectivity index (χ2n) is 3.70. The van der Waals surface area contributed by atoms with Gasteiger partial charge in [0.15, 0.2) is 0 Å². The third-order valence-electron chi connectivity index (χ3n) is 2.67. The number of aliphatic hydroxyl groups is 1. The van der Waals surface area contributed by atoms with Gasteiger partial charge in [0.1, 0.15) is 17.7 Å². The summed E-state index contributed by atoms with van der Waals surface area (Å²) >= 11 is 3.10. The first-order valence-electron chi connectivity index (χ1n) is 5.33. The Morgan fingerprint density at radius 3 is 2.82 bits per heavy atom. The second kappa shape index (κ2) is 5.02. The molecule has 0 aliphatic carbocycles. The summed E-state index contributed by atoms with van der Waals surface area (Å²) in [7, 11) is 0. The highest BCUT2D eigenvalue weighted by molar-refractivity contribution is 9.10. The molecule has 0 saturated carbocycles. The van der Waals surface area contributed by atoms with E-state index in [0.29, 0.717) is 22.2 Å². The zero-order chi connectivity index (χ0) is 12.4. The zero-order valence-electron chi connectivity index (χ0n) is 9.28. The Labute approximate surface area is 107 Å². The summed E-state index contributed by atoms with van der Waals surface area (Å²) in [5, 5.41) is 10.2. The number of rotatable bonds is 3. The van der Waals surface area contributed by atoms with Crippen LogP contribution in [0.5, 0.6) is 0 Å². The fourth-order valence-electron chi connectivity index (χ4n) is 1.78. The molecule has 1 aromatic heterocycles. The third kappa shape index (κ3) is 2.28. The predicted molar refractivity (Wildman–Crippen MR) is 66.2 cm³/mol. The molecule has 1 atom stereocenters. The van der Waals surface area contributed by atoms with E-state index in [1.165, 1.54) is 6.26 Å². The first-order valence-corrected chi connectivity index (χ1v) is 6.12. The van der Waals surface area contributed by atoms with Crippen molar-refractivity contribution in [2.75, 3.05) is 0 Å². The lowest BCUT2D eigenvalue weighted by Crippen LogP contribution is -2.04. The lowest BCUT2D eigenvalue weighted by molar-refractivity contribution is 0.212. The minimum absolute atomic E-state index is 0.246. The van der Waals surface area contributed by atoms with E-state index < -0.39 is 11.9 Å². The van der Waals surface area contributed by atoms with Gasteiger partial charge in [0.05, 0.1) is 10.7 Å². The molecule has 0 aliphatic heterocycles. The number of halogens is 2. The van der Waals surface area contributed by atoms with Crippen molar-refractivity contribution in [3.8, 4) is 0 Å². The largest absolute Gasteiger partial charge is 0.469 e. The summed E-state index contributed by atoms with van der Waals surface area (Å²) in [6.45, 7) is 1.92. The van der Waals surface area contributed by atoms with Gasteiger partial charge in [-0.15, -0.1) is 0 Å². The Hall–Kier alpha value is -1.13. The number of benzene rings is 1. The van der Waals surface area contributed by atoms with E-state index in [4.69, 9.17) is 4.42 Å². The molecule has 90 valence electrons. The van der Waals surface area contributed by atoms with Gasteiger partial charge in [0.2, 0.25) is 0 Å². The van der Waals surface area contributed by atoms with Gasteiger partial charge < -0.3 is 9.52 Å². The fraction of sp³-hybridized carbons (Fsp3) is 0.231. The molecule has 0 fully saturated rings. The molecule has 2 nitrogen and oxygen atoms in total. The van der Waals surface area contributed by atoms with Crippen LogP contribution in [0.15, 0.2) is 39.4 Å². The normalized spacial score (nSPS) is 12.7. The van der Waals surface area contributed by atoms with Crippen LogP contribution in [0.2, 0.25) is 0 Å². The van der Waals surface area contributed by atoms with E-state index in [1.54, 1.807) is 24.3 Å². The lowest BCUT2D eigenvalue weighted by Gasteiger charge is -2.12. The van der Waals surface area contributed by atoms with Gasteiger partial charge in [0.25, 0.3) is 0 Å². The maximum atomic E-state index is 13.8. The van der Waals surface area contributed by atoms with Crippen molar-refractivity contribution in [2.45, 2.75) is 19.4 Å². The van der Waals surface area contributed by atoms with Crippen LogP contribution in [0.3, 0.4) is 0 Å². The molecular formula is C13H12BrFO2. The van der Waals surface area contributed by atoms with Crippen LogP contribution in [0.25, 0.3) is 0 Å². The van der Waals surface area contributed by atoms with Crippen LogP contribution in [-0.4, -0.2) is 5.11 Å². The van der Waals surface area contributed by atoms with Gasteiger partial charge in [-0.05, 0) is 28.1 Å². The van der Waals surface area contributed by atoms with Crippen LogP contribution in [0.1, 0.15) is 29.9 Å². The molecule has 0 radical (unpaired) electrons. The molecule has 1 N–H and O–H groups in total. The van der Waals surface area contributed by atoms with Crippen LogP contribution in [0, 0.1) is 5.82 Å². The molecule has 4 heteroatoms. The van der Waals surface area contributed by atoms with Crippen LogP contribution in [0.4, 0.5) is 4.39 Å². The topological polar surface area (TPSA) is 33.4 Å². The molecule has 1 aromatic carbocycles. The zero-order valence-corrected chi connectivity index (χ0v) is 10.9. The molecule has 0 bridgehead atoms. The molecule has 2 aromatic rings. The van der Waals surface area contributed by atoms with Crippen LogP contribution >= 0.6 is 15.9 Å². The Balaban J connectivity index is 2.44. The van der Waals surface area contributed by atoms with Crippen molar-refractivity contribution in [2.24, 2.45) is 0 Å². The summed E-state index contributed by atoms with van der Waals surface area (Å²) in [5.74, 6) is 0.236. The Morgan fingerprint density at radius 2 is 2.12 bits per heavy atom. The minimum atomic E-state index is -0.999. The number of hydrogen-bond donors (Lipinski definition) is 1. The van der Waals surface area contributed by atoms with E-state index in [2.05, 4.69) is 15.9 Å². The average Bonchev–Trinajstić information content (AvgIpc) is 2.80. The molecule has 1 heterocycles. The highest BCUT2D eigenvalue weighted by atomic mass is 79.9. The summed E-state index contributed by atoms with van der Waals surface area (Å²) in [6, 6.07) is 6.53. The van der Waals surface area contributed by atoms with Crippen molar-refractivity contribution in [1.82, 2.24) is 0 Å². The highest BCUT2D eigenvalue weighted by Gasteiger charge is 2.20. The van der Waals surface area contributed by atoms with Gasteiger partial charge in [-0.1, -0.05) is 19.1 Å². The van der Waals surface area contributed by atoms with Crippen LogP contribution < -0.4 is 0 Å². The average molecular weight is 299 g/mol. The molecule has 0 amide bonds. The van der Waals surface area contributed by atoms with E-state index in [0.717, 1.165) is 0 Å². The highest BCUT2D eigenvalue weighted by Crippen LogP contribution is 2.30.